The molecular weight excluding hydrogens is 380 g/mol. The lowest BCUT2D eigenvalue weighted by atomic mass is 10.1. The first kappa shape index (κ1) is 22.1. The van der Waals surface area contributed by atoms with E-state index in [-0.39, 0.29) is 17.8 Å². The minimum absolute atomic E-state index is 0.00731. The highest BCUT2D eigenvalue weighted by Crippen LogP contribution is 2.38. The molecule has 2 rings (SSSR count). The first-order chi connectivity index (χ1) is 13.5. The summed E-state index contributed by atoms with van der Waals surface area (Å²) in [5, 5.41) is 12.5. The summed E-state index contributed by atoms with van der Waals surface area (Å²) >= 11 is 6.39. The molecule has 1 fully saturated rings. The predicted molar refractivity (Wildman–Crippen MR) is 109 cm³/mol. The summed E-state index contributed by atoms with van der Waals surface area (Å²) < 4.78 is 17.0. The number of hydrogen-bond donors (Lipinski definition) is 1. The van der Waals surface area contributed by atoms with Crippen LogP contribution in [0.4, 0.5) is 0 Å². The van der Waals surface area contributed by atoms with Gasteiger partial charge in [-0.3, -0.25) is 4.79 Å². The van der Waals surface area contributed by atoms with Crippen molar-refractivity contribution in [1.29, 1.82) is 5.26 Å². The smallest absolute Gasteiger partial charge is 0.262 e. The van der Waals surface area contributed by atoms with E-state index in [1.807, 2.05) is 26.8 Å². The van der Waals surface area contributed by atoms with Gasteiger partial charge in [-0.05, 0) is 56.9 Å². The minimum Gasteiger partial charge on any atom is -0.490 e. The van der Waals surface area contributed by atoms with Crippen LogP contribution in [-0.2, 0) is 9.53 Å². The van der Waals surface area contributed by atoms with E-state index < -0.39 is 5.91 Å². The Morgan fingerprint density at radius 2 is 2.29 bits per heavy atom. The SMILES string of the molecule is CCOc1cc(/C=C(/C#N)C(=O)NC[C@@H]2CCCO2)cc(Cl)c1O[C@@H](C)CC. The van der Waals surface area contributed by atoms with Crippen LogP contribution in [0.1, 0.15) is 45.6 Å². The summed E-state index contributed by atoms with van der Waals surface area (Å²) in [6.07, 6.45) is 4.22. The fraction of sp³-hybridized carbons (Fsp3) is 0.524. The molecule has 0 saturated carbocycles. The van der Waals surface area contributed by atoms with Crippen molar-refractivity contribution in [2.24, 2.45) is 0 Å². The van der Waals surface area contributed by atoms with Gasteiger partial charge in [-0.15, -0.1) is 0 Å². The molecule has 1 aliphatic rings. The average Bonchev–Trinajstić information content (AvgIpc) is 3.20. The molecule has 6 nitrogen and oxygen atoms in total. The Hall–Kier alpha value is -2.23. The zero-order valence-electron chi connectivity index (χ0n) is 16.6. The molecule has 0 bridgehead atoms. The fourth-order valence-electron chi connectivity index (χ4n) is 2.76. The molecule has 0 radical (unpaired) electrons. The van der Waals surface area contributed by atoms with E-state index in [9.17, 15) is 10.1 Å². The monoisotopic (exact) mass is 406 g/mol. The van der Waals surface area contributed by atoms with E-state index in [0.29, 0.717) is 41.8 Å². The summed E-state index contributed by atoms with van der Waals surface area (Å²) in [5.41, 5.74) is 0.584. The number of amides is 1. The lowest BCUT2D eigenvalue weighted by Crippen LogP contribution is -2.32. The van der Waals surface area contributed by atoms with Gasteiger partial charge in [0.15, 0.2) is 11.5 Å². The highest BCUT2D eigenvalue weighted by Gasteiger charge is 2.19. The molecule has 2 atom stereocenters. The number of hydrogen-bond acceptors (Lipinski definition) is 5. The molecule has 1 N–H and O–H groups in total. The molecule has 1 aliphatic heterocycles. The number of nitriles is 1. The largest absolute Gasteiger partial charge is 0.490 e. The normalized spacial score (nSPS) is 17.7. The van der Waals surface area contributed by atoms with Crippen LogP contribution in [0.2, 0.25) is 5.02 Å². The maximum Gasteiger partial charge on any atom is 0.262 e. The lowest BCUT2D eigenvalue weighted by Gasteiger charge is -2.18. The molecule has 0 aliphatic carbocycles. The van der Waals surface area contributed by atoms with Crippen LogP contribution in [0.5, 0.6) is 11.5 Å². The van der Waals surface area contributed by atoms with Crippen molar-refractivity contribution in [2.45, 2.75) is 52.2 Å². The molecule has 152 valence electrons. The van der Waals surface area contributed by atoms with Crippen molar-refractivity contribution in [3.63, 3.8) is 0 Å². The lowest BCUT2D eigenvalue weighted by molar-refractivity contribution is -0.117. The Kier molecular flexibility index (Phi) is 8.62. The molecule has 1 aromatic carbocycles. The van der Waals surface area contributed by atoms with Crippen LogP contribution in [0, 0.1) is 11.3 Å². The molecule has 28 heavy (non-hydrogen) atoms. The molecule has 7 heteroatoms. The number of carbonyl (C=O) groups is 1. The first-order valence-corrected chi connectivity index (χ1v) is 10.0. The summed E-state index contributed by atoms with van der Waals surface area (Å²) in [5.74, 6) is 0.516. The van der Waals surface area contributed by atoms with Crippen LogP contribution >= 0.6 is 11.6 Å². The van der Waals surface area contributed by atoms with Gasteiger partial charge in [-0.2, -0.15) is 5.26 Å². The van der Waals surface area contributed by atoms with Gasteiger partial charge >= 0.3 is 0 Å². The topological polar surface area (TPSA) is 80.6 Å². The van der Waals surface area contributed by atoms with Gasteiger partial charge in [-0.25, -0.2) is 0 Å². The number of carbonyl (C=O) groups excluding carboxylic acids is 1. The van der Waals surface area contributed by atoms with Crippen molar-refractivity contribution in [3.05, 3.63) is 28.3 Å². The second-order valence-corrected chi connectivity index (χ2v) is 7.02. The molecule has 1 amide bonds. The van der Waals surface area contributed by atoms with Crippen molar-refractivity contribution < 1.29 is 19.0 Å². The zero-order valence-corrected chi connectivity index (χ0v) is 17.3. The Labute approximate surface area is 171 Å². The quantitative estimate of drug-likeness (QED) is 0.493. The van der Waals surface area contributed by atoms with Gasteiger partial charge < -0.3 is 19.5 Å². The second kappa shape index (κ2) is 10.9. The van der Waals surface area contributed by atoms with E-state index in [1.165, 1.54) is 6.08 Å². The number of halogens is 1. The highest BCUT2D eigenvalue weighted by molar-refractivity contribution is 6.32. The number of nitrogens with zero attached hydrogens (tertiary/aromatic N) is 1. The molecule has 0 unspecified atom stereocenters. The third kappa shape index (κ3) is 6.15. The Morgan fingerprint density at radius 3 is 2.89 bits per heavy atom. The van der Waals surface area contributed by atoms with Crippen LogP contribution in [0.3, 0.4) is 0 Å². The number of benzene rings is 1. The second-order valence-electron chi connectivity index (χ2n) is 6.61. The molecule has 0 aromatic heterocycles. The predicted octanol–water partition coefficient (Wildman–Crippen LogP) is 4.12. The maximum atomic E-state index is 12.3. The summed E-state index contributed by atoms with van der Waals surface area (Å²) in [6, 6.07) is 5.32. The Bertz CT molecular complexity index is 752. The summed E-state index contributed by atoms with van der Waals surface area (Å²) in [6.45, 7) is 7.38. The van der Waals surface area contributed by atoms with Gasteiger partial charge in [0.25, 0.3) is 5.91 Å². The summed E-state index contributed by atoms with van der Waals surface area (Å²) in [4.78, 5) is 12.3. The number of rotatable bonds is 9. The van der Waals surface area contributed by atoms with Crippen LogP contribution < -0.4 is 14.8 Å². The van der Waals surface area contributed by atoms with Gasteiger partial charge in [0.05, 0.1) is 23.8 Å². The van der Waals surface area contributed by atoms with Gasteiger partial charge in [0.2, 0.25) is 0 Å². The third-order valence-corrected chi connectivity index (χ3v) is 4.70. The Morgan fingerprint density at radius 1 is 1.50 bits per heavy atom. The number of ether oxygens (including phenoxy) is 3. The third-order valence-electron chi connectivity index (χ3n) is 4.42. The van der Waals surface area contributed by atoms with Crippen molar-refractivity contribution >= 4 is 23.6 Å². The molecule has 0 spiro atoms. The average molecular weight is 407 g/mol. The standard InChI is InChI=1S/C21H27ClN2O4/c1-4-14(3)28-20-18(22)10-15(11-19(20)26-5-2)9-16(12-23)21(25)24-13-17-7-6-8-27-17/h9-11,14,17H,4-8,13H2,1-3H3,(H,24,25)/b16-9-/t14-,17-/m0/s1. The molecular formula is C21H27ClN2O4. The van der Waals surface area contributed by atoms with Crippen molar-refractivity contribution in [1.82, 2.24) is 5.32 Å². The van der Waals surface area contributed by atoms with E-state index >= 15 is 0 Å². The molecule has 1 saturated heterocycles. The minimum atomic E-state index is -0.438. The first-order valence-electron chi connectivity index (χ1n) is 9.63. The van der Waals surface area contributed by atoms with Gasteiger partial charge in [-0.1, -0.05) is 18.5 Å². The Balaban J connectivity index is 2.21. The zero-order chi connectivity index (χ0) is 20.5. The molecule has 1 aromatic rings. The summed E-state index contributed by atoms with van der Waals surface area (Å²) in [7, 11) is 0. The van der Waals surface area contributed by atoms with E-state index in [1.54, 1.807) is 12.1 Å². The fourth-order valence-corrected chi connectivity index (χ4v) is 3.02. The maximum absolute atomic E-state index is 12.3. The highest BCUT2D eigenvalue weighted by atomic mass is 35.5. The van der Waals surface area contributed by atoms with Crippen LogP contribution in [0.15, 0.2) is 17.7 Å². The molecule has 1 heterocycles. The van der Waals surface area contributed by atoms with E-state index in [2.05, 4.69) is 5.32 Å². The van der Waals surface area contributed by atoms with Crippen LogP contribution in [-0.4, -0.2) is 37.9 Å². The van der Waals surface area contributed by atoms with Gasteiger partial charge in [0.1, 0.15) is 11.6 Å². The van der Waals surface area contributed by atoms with Crippen LogP contribution in [0.25, 0.3) is 6.08 Å². The van der Waals surface area contributed by atoms with Crippen molar-refractivity contribution in [3.8, 4) is 17.6 Å². The van der Waals surface area contributed by atoms with E-state index in [0.717, 1.165) is 19.3 Å². The number of nitrogens with one attached hydrogen (secondary N) is 1. The van der Waals surface area contributed by atoms with Crippen molar-refractivity contribution in [2.75, 3.05) is 19.8 Å². The van der Waals surface area contributed by atoms with E-state index in [4.69, 9.17) is 25.8 Å². The van der Waals surface area contributed by atoms with Gasteiger partial charge in [0, 0.05) is 13.2 Å².